The molecule has 0 radical (unpaired) electrons. The predicted octanol–water partition coefficient (Wildman–Crippen LogP) is 2.98. The van der Waals surface area contributed by atoms with Crippen molar-refractivity contribution in [1.29, 1.82) is 0 Å². The lowest BCUT2D eigenvalue weighted by molar-refractivity contribution is -0.139. The molecule has 1 aromatic heterocycles. The van der Waals surface area contributed by atoms with Crippen LogP contribution in [0.1, 0.15) is 11.4 Å². The highest BCUT2D eigenvalue weighted by molar-refractivity contribution is 5.87. The fraction of sp³-hybridized carbons (Fsp3) is 0.182. The highest BCUT2D eigenvalue weighted by Gasteiger charge is 2.10. The average Bonchev–Trinajstić information content (AvgIpc) is 2.81. The van der Waals surface area contributed by atoms with Crippen LogP contribution in [-0.2, 0) is 16.1 Å². The topological polar surface area (TPSA) is 131 Å². The van der Waals surface area contributed by atoms with Gasteiger partial charge in [0.05, 0.1) is 27.0 Å². The lowest BCUT2D eigenvalue weighted by Crippen LogP contribution is -2.10. The minimum Gasteiger partial charge on any atom is -0.497 e. The van der Waals surface area contributed by atoms with Crippen molar-refractivity contribution in [1.82, 2.24) is 15.0 Å². The first kappa shape index (κ1) is 22.3. The van der Waals surface area contributed by atoms with Gasteiger partial charge in [-0.25, -0.2) is 4.79 Å². The minimum absolute atomic E-state index is 0.0121. The van der Waals surface area contributed by atoms with Gasteiger partial charge >= 0.3 is 5.97 Å². The van der Waals surface area contributed by atoms with Crippen molar-refractivity contribution >= 4 is 29.6 Å². The van der Waals surface area contributed by atoms with E-state index in [-0.39, 0.29) is 24.3 Å². The van der Waals surface area contributed by atoms with Crippen molar-refractivity contribution in [2.24, 2.45) is 0 Å². The van der Waals surface area contributed by atoms with Crippen molar-refractivity contribution in [3.63, 3.8) is 0 Å². The molecule has 1 heterocycles. The standard InChI is InChI=1S/C22H23N5O5/c1-29-15-10-8-14(18(12-15)31-3)9-11-20(28)32-13-19-25-21(23)27-22(26-19)24-16-6-4-5-7-17(16)30-2/h4-12H,13H2,1-3H3,(H3,23,24,25,26,27)/b11-9+. The van der Waals surface area contributed by atoms with E-state index in [0.29, 0.717) is 28.5 Å². The first-order chi connectivity index (χ1) is 15.5. The molecule has 0 atom stereocenters. The molecular formula is C22H23N5O5. The van der Waals surface area contributed by atoms with Gasteiger partial charge in [0.15, 0.2) is 12.4 Å². The summed E-state index contributed by atoms with van der Waals surface area (Å²) in [6.07, 6.45) is 2.86. The van der Waals surface area contributed by atoms with Gasteiger partial charge in [0.25, 0.3) is 0 Å². The lowest BCUT2D eigenvalue weighted by Gasteiger charge is -2.10. The van der Waals surface area contributed by atoms with Gasteiger partial charge in [0.1, 0.15) is 17.2 Å². The van der Waals surface area contributed by atoms with Crippen LogP contribution in [0, 0.1) is 0 Å². The van der Waals surface area contributed by atoms with Crippen molar-refractivity contribution in [2.45, 2.75) is 6.61 Å². The number of methoxy groups -OCH3 is 3. The first-order valence-electron chi connectivity index (χ1n) is 9.49. The highest BCUT2D eigenvalue weighted by Crippen LogP contribution is 2.26. The van der Waals surface area contributed by atoms with Gasteiger partial charge in [-0.1, -0.05) is 12.1 Å². The van der Waals surface area contributed by atoms with E-state index in [0.717, 1.165) is 0 Å². The third kappa shape index (κ3) is 5.85. The van der Waals surface area contributed by atoms with Crippen LogP contribution in [-0.4, -0.2) is 42.3 Å². The Labute approximate surface area is 185 Å². The number of carbonyl (C=O) groups is 1. The highest BCUT2D eigenvalue weighted by atomic mass is 16.5. The zero-order valence-electron chi connectivity index (χ0n) is 17.9. The number of anilines is 3. The third-order valence-electron chi connectivity index (χ3n) is 4.24. The van der Waals surface area contributed by atoms with Gasteiger partial charge < -0.3 is 30.0 Å². The molecule has 0 saturated carbocycles. The summed E-state index contributed by atoms with van der Waals surface area (Å²) in [7, 11) is 4.65. The molecule has 0 amide bonds. The van der Waals surface area contributed by atoms with Gasteiger partial charge in [-0.05, 0) is 30.3 Å². The lowest BCUT2D eigenvalue weighted by atomic mass is 10.2. The van der Waals surface area contributed by atoms with Crippen LogP contribution in [0.5, 0.6) is 17.2 Å². The number of rotatable bonds is 9. The second-order valence-electron chi connectivity index (χ2n) is 6.31. The molecule has 0 bridgehead atoms. The molecule has 0 aliphatic heterocycles. The van der Waals surface area contributed by atoms with Gasteiger partial charge in [0.2, 0.25) is 11.9 Å². The third-order valence-corrected chi connectivity index (χ3v) is 4.24. The Morgan fingerprint density at radius 3 is 2.53 bits per heavy atom. The van der Waals surface area contributed by atoms with Gasteiger partial charge in [-0.3, -0.25) is 0 Å². The van der Waals surface area contributed by atoms with Gasteiger partial charge in [-0.2, -0.15) is 15.0 Å². The van der Waals surface area contributed by atoms with Crippen LogP contribution in [0.15, 0.2) is 48.5 Å². The molecule has 3 aromatic rings. The Balaban J connectivity index is 1.65. The van der Waals surface area contributed by atoms with Crippen molar-refractivity contribution < 1.29 is 23.7 Å². The van der Waals surface area contributed by atoms with Crippen LogP contribution in [0.25, 0.3) is 6.08 Å². The molecule has 0 spiro atoms. The zero-order chi connectivity index (χ0) is 22.9. The summed E-state index contributed by atoms with van der Waals surface area (Å²) in [6, 6.07) is 12.5. The summed E-state index contributed by atoms with van der Waals surface area (Å²) in [5, 5.41) is 3.02. The number of nitrogens with zero attached hydrogens (tertiary/aromatic N) is 3. The summed E-state index contributed by atoms with van der Waals surface area (Å²) in [4.78, 5) is 24.4. The monoisotopic (exact) mass is 437 g/mol. The molecule has 0 aliphatic rings. The molecule has 3 N–H and O–H groups in total. The SMILES string of the molecule is COc1ccc(/C=C/C(=O)OCc2nc(N)nc(Nc3ccccc3OC)n2)c(OC)c1. The number of hydrogen-bond acceptors (Lipinski definition) is 10. The van der Waals surface area contributed by atoms with Gasteiger partial charge in [0, 0.05) is 17.7 Å². The first-order valence-corrected chi connectivity index (χ1v) is 9.49. The van der Waals surface area contributed by atoms with E-state index in [4.69, 9.17) is 24.7 Å². The number of nitrogens with one attached hydrogen (secondary N) is 1. The number of nitrogens with two attached hydrogens (primary N) is 1. The van der Waals surface area contributed by atoms with E-state index in [9.17, 15) is 4.79 Å². The fourth-order valence-electron chi connectivity index (χ4n) is 2.72. The molecular weight excluding hydrogens is 414 g/mol. The Morgan fingerprint density at radius 1 is 1.00 bits per heavy atom. The maximum atomic E-state index is 12.1. The average molecular weight is 437 g/mol. The van der Waals surface area contributed by atoms with Crippen LogP contribution in [0.2, 0.25) is 0 Å². The van der Waals surface area contributed by atoms with Crippen LogP contribution >= 0.6 is 0 Å². The molecule has 10 heteroatoms. The number of esters is 1. The normalized spacial score (nSPS) is 10.6. The summed E-state index contributed by atoms with van der Waals surface area (Å²) in [6.45, 7) is -0.184. The fourth-order valence-corrected chi connectivity index (χ4v) is 2.72. The van der Waals surface area contributed by atoms with Crippen LogP contribution in [0.3, 0.4) is 0 Å². The number of carbonyl (C=O) groups excluding carboxylic acids is 1. The quantitative estimate of drug-likeness (QED) is 0.380. The number of benzene rings is 2. The van der Waals surface area contributed by atoms with Crippen LogP contribution in [0.4, 0.5) is 17.6 Å². The van der Waals surface area contributed by atoms with E-state index < -0.39 is 5.97 Å². The maximum absolute atomic E-state index is 12.1. The molecule has 0 aliphatic carbocycles. The van der Waals surface area contributed by atoms with E-state index >= 15 is 0 Å². The molecule has 10 nitrogen and oxygen atoms in total. The maximum Gasteiger partial charge on any atom is 0.331 e. The second-order valence-corrected chi connectivity index (χ2v) is 6.31. The number of hydrogen-bond donors (Lipinski definition) is 2. The van der Waals surface area contributed by atoms with E-state index in [2.05, 4.69) is 20.3 Å². The van der Waals surface area contributed by atoms with E-state index in [1.807, 2.05) is 12.1 Å². The van der Waals surface area contributed by atoms with E-state index in [1.165, 1.54) is 13.2 Å². The van der Waals surface area contributed by atoms with Crippen molar-refractivity contribution in [3.05, 3.63) is 59.9 Å². The molecule has 2 aromatic carbocycles. The number of aromatic nitrogens is 3. The number of ether oxygens (including phenoxy) is 4. The van der Waals surface area contributed by atoms with Crippen LogP contribution < -0.4 is 25.3 Å². The molecule has 32 heavy (non-hydrogen) atoms. The summed E-state index contributed by atoms with van der Waals surface area (Å²) in [5.74, 6) is 1.61. The smallest absolute Gasteiger partial charge is 0.331 e. The summed E-state index contributed by atoms with van der Waals surface area (Å²) >= 11 is 0. The largest absolute Gasteiger partial charge is 0.497 e. The molecule has 0 saturated heterocycles. The predicted molar refractivity (Wildman–Crippen MR) is 119 cm³/mol. The summed E-state index contributed by atoms with van der Waals surface area (Å²) in [5.41, 5.74) is 7.11. The Hall–Kier alpha value is -4.34. The Kier molecular flexibility index (Phi) is 7.42. The molecule has 0 unspecified atom stereocenters. The zero-order valence-corrected chi connectivity index (χ0v) is 17.9. The number of para-hydroxylation sites is 2. The summed E-state index contributed by atoms with van der Waals surface area (Å²) < 4.78 is 21.0. The molecule has 0 fully saturated rings. The van der Waals surface area contributed by atoms with Gasteiger partial charge in [-0.15, -0.1) is 0 Å². The minimum atomic E-state index is -0.582. The molecule has 166 valence electrons. The van der Waals surface area contributed by atoms with E-state index in [1.54, 1.807) is 50.6 Å². The Morgan fingerprint density at radius 2 is 1.78 bits per heavy atom. The second kappa shape index (κ2) is 10.6. The Bertz CT molecular complexity index is 1120. The molecule has 3 rings (SSSR count). The van der Waals surface area contributed by atoms with Crippen molar-refractivity contribution in [3.8, 4) is 17.2 Å². The van der Waals surface area contributed by atoms with Crippen molar-refractivity contribution in [2.75, 3.05) is 32.4 Å². The number of nitrogen functional groups attached to an aromatic ring is 1.